The second-order valence-corrected chi connectivity index (χ2v) is 8.38. The minimum absolute atomic E-state index is 0.0362. The topological polar surface area (TPSA) is 62.7 Å². The maximum Gasteiger partial charge on any atom is 0.228 e. The SMILES string of the molecule is Cc1ccc(CN2CC(C(=O)N(Cc3cccnc3)CC3CCCO3)CC2=O)cc1. The predicted molar refractivity (Wildman–Crippen MR) is 113 cm³/mol. The molecule has 0 spiro atoms. The van der Waals surface area contributed by atoms with Crippen LogP contribution in [0.4, 0.5) is 0 Å². The summed E-state index contributed by atoms with van der Waals surface area (Å²) < 4.78 is 5.78. The highest BCUT2D eigenvalue weighted by Gasteiger charge is 2.37. The van der Waals surface area contributed by atoms with Crippen molar-refractivity contribution >= 4 is 11.8 Å². The molecule has 2 aliphatic rings. The first-order chi connectivity index (χ1) is 14.6. The number of likely N-dealkylation sites (tertiary alicyclic amines) is 1. The molecule has 0 aliphatic carbocycles. The molecule has 2 aliphatic heterocycles. The lowest BCUT2D eigenvalue weighted by molar-refractivity contribution is -0.138. The second kappa shape index (κ2) is 9.39. The van der Waals surface area contributed by atoms with Crippen LogP contribution in [-0.4, -0.2) is 52.4 Å². The number of benzene rings is 1. The molecule has 2 saturated heterocycles. The Hall–Kier alpha value is -2.73. The van der Waals surface area contributed by atoms with Gasteiger partial charge in [0.15, 0.2) is 0 Å². The van der Waals surface area contributed by atoms with E-state index in [9.17, 15) is 9.59 Å². The zero-order chi connectivity index (χ0) is 20.9. The molecule has 0 N–H and O–H groups in total. The molecule has 2 aromatic rings. The number of aryl methyl sites for hydroxylation is 1. The second-order valence-electron chi connectivity index (χ2n) is 8.38. The number of pyridine rings is 1. The maximum absolute atomic E-state index is 13.4. The minimum Gasteiger partial charge on any atom is -0.376 e. The molecule has 0 bridgehead atoms. The van der Waals surface area contributed by atoms with Gasteiger partial charge in [0, 0.05) is 51.6 Å². The van der Waals surface area contributed by atoms with Crippen LogP contribution in [0.5, 0.6) is 0 Å². The van der Waals surface area contributed by atoms with Gasteiger partial charge in [-0.15, -0.1) is 0 Å². The number of hydrogen-bond acceptors (Lipinski definition) is 4. The van der Waals surface area contributed by atoms with E-state index in [1.807, 2.05) is 41.0 Å². The van der Waals surface area contributed by atoms with Gasteiger partial charge in [-0.1, -0.05) is 35.9 Å². The van der Waals surface area contributed by atoms with Gasteiger partial charge in [-0.3, -0.25) is 14.6 Å². The lowest BCUT2D eigenvalue weighted by atomic mass is 10.1. The van der Waals surface area contributed by atoms with Gasteiger partial charge >= 0.3 is 0 Å². The number of carbonyl (C=O) groups is 2. The van der Waals surface area contributed by atoms with Crippen molar-refractivity contribution in [1.82, 2.24) is 14.8 Å². The summed E-state index contributed by atoms with van der Waals surface area (Å²) in [5.74, 6) is -0.220. The fourth-order valence-corrected chi connectivity index (χ4v) is 4.24. The molecule has 2 fully saturated rings. The summed E-state index contributed by atoms with van der Waals surface area (Å²) in [5.41, 5.74) is 3.28. The van der Waals surface area contributed by atoms with Crippen molar-refractivity contribution < 1.29 is 14.3 Å². The highest BCUT2D eigenvalue weighted by Crippen LogP contribution is 2.24. The molecule has 4 rings (SSSR count). The van der Waals surface area contributed by atoms with Crippen LogP contribution < -0.4 is 0 Å². The fraction of sp³-hybridized carbons (Fsp3) is 0.458. The first-order valence-electron chi connectivity index (χ1n) is 10.7. The average Bonchev–Trinajstić information content (AvgIpc) is 3.39. The number of aromatic nitrogens is 1. The molecule has 0 radical (unpaired) electrons. The molecule has 6 nitrogen and oxygen atoms in total. The minimum atomic E-state index is -0.305. The molecule has 2 amide bonds. The summed E-state index contributed by atoms with van der Waals surface area (Å²) >= 11 is 0. The lowest BCUT2D eigenvalue weighted by Gasteiger charge is -2.28. The van der Waals surface area contributed by atoms with Gasteiger partial charge in [0.1, 0.15) is 0 Å². The van der Waals surface area contributed by atoms with Crippen molar-refractivity contribution in [2.75, 3.05) is 19.7 Å². The van der Waals surface area contributed by atoms with Crippen LogP contribution in [0.1, 0.15) is 36.0 Å². The summed E-state index contributed by atoms with van der Waals surface area (Å²) in [6.45, 7) is 4.89. The van der Waals surface area contributed by atoms with Crippen molar-refractivity contribution in [3.8, 4) is 0 Å². The Morgan fingerprint density at radius 1 is 1.23 bits per heavy atom. The molecule has 3 heterocycles. The Morgan fingerprint density at radius 3 is 2.77 bits per heavy atom. The van der Waals surface area contributed by atoms with E-state index >= 15 is 0 Å². The first-order valence-corrected chi connectivity index (χ1v) is 10.7. The van der Waals surface area contributed by atoms with Crippen LogP contribution >= 0.6 is 0 Å². The van der Waals surface area contributed by atoms with Gasteiger partial charge in [-0.05, 0) is 37.0 Å². The Morgan fingerprint density at radius 2 is 2.07 bits per heavy atom. The highest BCUT2D eigenvalue weighted by atomic mass is 16.5. The number of rotatable bonds is 7. The monoisotopic (exact) mass is 407 g/mol. The molecule has 1 aromatic heterocycles. The number of hydrogen-bond donors (Lipinski definition) is 0. The Kier molecular flexibility index (Phi) is 6.43. The van der Waals surface area contributed by atoms with Crippen LogP contribution in [0.25, 0.3) is 0 Å². The van der Waals surface area contributed by atoms with Gasteiger partial charge in [0.05, 0.1) is 12.0 Å². The number of carbonyl (C=O) groups excluding carboxylic acids is 2. The van der Waals surface area contributed by atoms with E-state index < -0.39 is 0 Å². The third kappa shape index (κ3) is 5.05. The summed E-state index contributed by atoms with van der Waals surface area (Å²) in [6, 6.07) is 12.1. The van der Waals surface area contributed by atoms with E-state index in [1.54, 1.807) is 12.4 Å². The lowest BCUT2D eigenvalue weighted by Crippen LogP contribution is -2.41. The molecule has 158 valence electrons. The molecular weight excluding hydrogens is 378 g/mol. The quantitative estimate of drug-likeness (QED) is 0.708. The van der Waals surface area contributed by atoms with Crippen LogP contribution in [0.15, 0.2) is 48.8 Å². The largest absolute Gasteiger partial charge is 0.376 e. The smallest absolute Gasteiger partial charge is 0.228 e. The summed E-state index contributed by atoms with van der Waals surface area (Å²) in [7, 11) is 0. The van der Waals surface area contributed by atoms with E-state index in [-0.39, 0.29) is 30.3 Å². The number of amides is 2. The van der Waals surface area contributed by atoms with E-state index in [1.165, 1.54) is 5.56 Å². The van der Waals surface area contributed by atoms with E-state index in [0.717, 1.165) is 30.6 Å². The number of nitrogens with zero attached hydrogens (tertiary/aromatic N) is 3. The molecular formula is C24H29N3O3. The molecule has 30 heavy (non-hydrogen) atoms. The van der Waals surface area contributed by atoms with Gasteiger partial charge in [0.2, 0.25) is 11.8 Å². The van der Waals surface area contributed by atoms with Crippen LogP contribution in [0.2, 0.25) is 0 Å². The molecule has 0 saturated carbocycles. The highest BCUT2D eigenvalue weighted by molar-refractivity contribution is 5.89. The Bertz CT molecular complexity index is 863. The molecule has 6 heteroatoms. The van der Waals surface area contributed by atoms with Crippen molar-refractivity contribution in [2.45, 2.75) is 45.4 Å². The van der Waals surface area contributed by atoms with E-state index in [2.05, 4.69) is 17.1 Å². The fourth-order valence-electron chi connectivity index (χ4n) is 4.24. The van der Waals surface area contributed by atoms with E-state index in [0.29, 0.717) is 26.2 Å². The van der Waals surface area contributed by atoms with E-state index in [4.69, 9.17) is 4.74 Å². The zero-order valence-corrected chi connectivity index (χ0v) is 17.5. The van der Waals surface area contributed by atoms with Crippen LogP contribution in [-0.2, 0) is 27.4 Å². The van der Waals surface area contributed by atoms with Gasteiger partial charge < -0.3 is 14.5 Å². The van der Waals surface area contributed by atoms with Gasteiger partial charge in [0.25, 0.3) is 0 Å². The third-order valence-electron chi connectivity index (χ3n) is 5.91. The van der Waals surface area contributed by atoms with Crippen molar-refractivity contribution in [3.63, 3.8) is 0 Å². The van der Waals surface area contributed by atoms with Crippen LogP contribution in [0.3, 0.4) is 0 Å². The average molecular weight is 408 g/mol. The van der Waals surface area contributed by atoms with Gasteiger partial charge in [-0.25, -0.2) is 0 Å². The Balaban J connectivity index is 1.43. The zero-order valence-electron chi connectivity index (χ0n) is 17.5. The normalized spacial score (nSPS) is 21.2. The molecule has 2 unspecified atom stereocenters. The summed E-state index contributed by atoms with van der Waals surface area (Å²) in [5, 5.41) is 0. The van der Waals surface area contributed by atoms with Crippen LogP contribution in [0, 0.1) is 12.8 Å². The van der Waals surface area contributed by atoms with Crippen molar-refractivity contribution in [3.05, 3.63) is 65.5 Å². The number of ether oxygens (including phenoxy) is 1. The summed E-state index contributed by atoms with van der Waals surface area (Å²) in [4.78, 5) is 33.8. The van der Waals surface area contributed by atoms with Crippen molar-refractivity contribution in [2.24, 2.45) is 5.92 Å². The summed E-state index contributed by atoms with van der Waals surface area (Å²) in [6.07, 6.45) is 5.88. The first kappa shape index (κ1) is 20.5. The standard InChI is InChI=1S/C24H29N3O3/c1-18-6-8-19(9-7-18)14-26-16-21(12-23(26)28)24(29)27(17-22-5-3-11-30-22)15-20-4-2-10-25-13-20/h2,4,6-10,13,21-22H,3,5,11-12,14-17H2,1H3. The third-order valence-corrected chi connectivity index (χ3v) is 5.91. The Labute approximate surface area is 177 Å². The maximum atomic E-state index is 13.4. The van der Waals surface area contributed by atoms with Gasteiger partial charge in [-0.2, -0.15) is 0 Å². The van der Waals surface area contributed by atoms with Crippen molar-refractivity contribution in [1.29, 1.82) is 0 Å². The molecule has 2 atom stereocenters. The molecule has 1 aromatic carbocycles. The predicted octanol–water partition coefficient (Wildman–Crippen LogP) is 2.95.